The molecule has 4 rings (SSSR count). The first-order valence-electron chi connectivity index (χ1n) is 11.3. The number of rotatable bonds is 8. The summed E-state index contributed by atoms with van der Waals surface area (Å²) in [6, 6.07) is 5.83. The van der Waals surface area contributed by atoms with Gasteiger partial charge in [-0.2, -0.15) is 0 Å². The van der Waals surface area contributed by atoms with Crippen molar-refractivity contribution < 1.29 is 19.4 Å². The van der Waals surface area contributed by atoms with Gasteiger partial charge in [-0.15, -0.1) is 0 Å². The minimum atomic E-state index is -0.246. The predicted octanol–water partition coefficient (Wildman–Crippen LogP) is 2.38. The summed E-state index contributed by atoms with van der Waals surface area (Å²) >= 11 is 0. The van der Waals surface area contributed by atoms with E-state index < -0.39 is 0 Å². The zero-order valence-corrected chi connectivity index (χ0v) is 20.1. The lowest BCUT2D eigenvalue weighted by Crippen LogP contribution is -2.44. The number of aromatic nitrogens is 3. The van der Waals surface area contributed by atoms with Gasteiger partial charge in [-0.25, -0.2) is 9.97 Å². The number of allylic oxidation sites excluding steroid dienone is 1. The zero-order chi connectivity index (χ0) is 24.9. The molecule has 184 valence electrons. The number of amides is 1. The van der Waals surface area contributed by atoms with Crippen molar-refractivity contribution in [2.75, 3.05) is 50.7 Å². The fourth-order valence-electron chi connectivity index (χ4n) is 3.97. The van der Waals surface area contributed by atoms with Crippen molar-refractivity contribution in [3.63, 3.8) is 0 Å². The highest BCUT2D eigenvalue weighted by atomic mass is 16.5. The molecule has 35 heavy (non-hydrogen) atoms. The van der Waals surface area contributed by atoms with Crippen molar-refractivity contribution in [1.82, 2.24) is 19.7 Å². The van der Waals surface area contributed by atoms with E-state index in [0.717, 1.165) is 16.9 Å². The second-order valence-corrected chi connectivity index (χ2v) is 8.20. The van der Waals surface area contributed by atoms with Crippen LogP contribution in [0.15, 0.2) is 55.0 Å². The topological polar surface area (TPSA) is 113 Å². The maximum absolute atomic E-state index is 11.9. The Balaban J connectivity index is 1.64. The van der Waals surface area contributed by atoms with Crippen molar-refractivity contribution >= 4 is 34.3 Å². The number of carbonyl (C=O) groups excluding carboxylic acids is 1. The Hall–Kier alpha value is -3.89. The Bertz CT molecular complexity index is 1270. The molecule has 1 unspecified atom stereocenters. The number of hydrogen-bond donors (Lipinski definition) is 3. The van der Waals surface area contributed by atoms with Gasteiger partial charge < -0.3 is 34.5 Å². The quantitative estimate of drug-likeness (QED) is 0.334. The monoisotopic (exact) mass is 478 g/mol. The first-order valence-corrected chi connectivity index (χ1v) is 11.3. The number of hydrogen-bond acceptors (Lipinski definition) is 8. The molecule has 2 aromatic heterocycles. The van der Waals surface area contributed by atoms with E-state index in [2.05, 4.69) is 27.1 Å². The first kappa shape index (κ1) is 24.2. The largest absolute Gasteiger partial charge is 0.495 e. The van der Waals surface area contributed by atoms with Gasteiger partial charge in [0, 0.05) is 56.1 Å². The number of imidazole rings is 1. The van der Waals surface area contributed by atoms with E-state index in [1.54, 1.807) is 26.4 Å². The second kappa shape index (κ2) is 10.6. The van der Waals surface area contributed by atoms with E-state index in [0.29, 0.717) is 48.2 Å². The van der Waals surface area contributed by atoms with Gasteiger partial charge >= 0.3 is 0 Å². The summed E-state index contributed by atoms with van der Waals surface area (Å²) in [5.74, 6) is 1.01. The average molecular weight is 479 g/mol. The number of fused-ring (bicyclic) bond motifs is 1. The number of ether oxygens (including phenoxy) is 2. The summed E-state index contributed by atoms with van der Waals surface area (Å²) in [5.41, 5.74) is 4.18. The van der Waals surface area contributed by atoms with Crippen LogP contribution >= 0.6 is 0 Å². The lowest BCUT2D eigenvalue weighted by molar-refractivity contribution is -0.116. The highest BCUT2D eigenvalue weighted by Crippen LogP contribution is 2.34. The molecule has 0 saturated carbocycles. The lowest BCUT2D eigenvalue weighted by Gasteiger charge is -2.34. The van der Waals surface area contributed by atoms with Gasteiger partial charge in [0.2, 0.25) is 5.91 Å². The van der Waals surface area contributed by atoms with Crippen LogP contribution in [0, 0.1) is 0 Å². The molecule has 1 aromatic carbocycles. The summed E-state index contributed by atoms with van der Waals surface area (Å²) in [6.07, 6.45) is 6.88. The number of nitrogens with zero attached hydrogens (tertiary/aromatic N) is 4. The molecule has 3 aromatic rings. The van der Waals surface area contributed by atoms with Crippen molar-refractivity contribution in [3.8, 4) is 5.75 Å². The number of aliphatic hydroxyl groups excluding tert-OH is 1. The molecule has 1 aliphatic rings. The van der Waals surface area contributed by atoms with Crippen molar-refractivity contribution in [3.05, 3.63) is 60.7 Å². The third-order valence-electron chi connectivity index (χ3n) is 5.81. The molecule has 3 N–H and O–H groups in total. The van der Waals surface area contributed by atoms with Crippen LogP contribution in [0.4, 0.5) is 17.2 Å². The summed E-state index contributed by atoms with van der Waals surface area (Å²) in [6.45, 7) is 7.52. The summed E-state index contributed by atoms with van der Waals surface area (Å²) in [7, 11) is 3.20. The predicted molar refractivity (Wildman–Crippen MR) is 135 cm³/mol. The maximum Gasteiger partial charge on any atom is 0.250 e. The third-order valence-corrected chi connectivity index (χ3v) is 5.81. The smallest absolute Gasteiger partial charge is 0.250 e. The Morgan fingerprint density at radius 3 is 3.00 bits per heavy atom. The van der Waals surface area contributed by atoms with Gasteiger partial charge in [0.15, 0.2) is 11.5 Å². The molecule has 3 heterocycles. The number of nitrogens with one attached hydrogen (secondary N) is 2. The molecule has 1 atom stereocenters. The molecular weight excluding hydrogens is 448 g/mol. The third kappa shape index (κ3) is 5.28. The lowest BCUT2D eigenvalue weighted by atomic mass is 10.1. The van der Waals surface area contributed by atoms with Crippen molar-refractivity contribution in [2.24, 2.45) is 0 Å². The highest BCUT2D eigenvalue weighted by Gasteiger charge is 2.22. The average Bonchev–Trinajstić information content (AvgIpc) is 3.37. The summed E-state index contributed by atoms with van der Waals surface area (Å²) < 4.78 is 13.1. The SMILES string of the molecule is C=C(C=C(C)c1cn2ccnc2c(Nc2ccc(N3CCOC(CO)C3)c(OC)c2)n1)C(=O)NC. The van der Waals surface area contributed by atoms with Crippen LogP contribution in [0.5, 0.6) is 5.75 Å². The molecule has 1 fully saturated rings. The number of anilines is 3. The molecular formula is C25H30N6O4. The van der Waals surface area contributed by atoms with Crippen LogP contribution in [0.1, 0.15) is 12.6 Å². The Morgan fingerprint density at radius 2 is 2.26 bits per heavy atom. The van der Waals surface area contributed by atoms with E-state index in [9.17, 15) is 9.90 Å². The van der Waals surface area contributed by atoms with Crippen LogP contribution in [-0.4, -0.2) is 71.9 Å². The molecule has 0 aliphatic carbocycles. The van der Waals surface area contributed by atoms with Crippen LogP contribution in [0.3, 0.4) is 0 Å². The van der Waals surface area contributed by atoms with Crippen LogP contribution < -0.4 is 20.3 Å². The van der Waals surface area contributed by atoms with Gasteiger partial charge in [0.05, 0.1) is 37.8 Å². The number of morpholine rings is 1. The number of carbonyl (C=O) groups is 1. The summed E-state index contributed by atoms with van der Waals surface area (Å²) in [5, 5.41) is 15.4. The van der Waals surface area contributed by atoms with E-state index in [1.165, 1.54) is 0 Å². The fraction of sp³-hybridized carbons (Fsp3) is 0.320. The number of benzene rings is 1. The molecule has 1 saturated heterocycles. The summed E-state index contributed by atoms with van der Waals surface area (Å²) in [4.78, 5) is 23.2. The van der Waals surface area contributed by atoms with Gasteiger partial charge in [0.25, 0.3) is 0 Å². The van der Waals surface area contributed by atoms with Gasteiger partial charge in [-0.05, 0) is 30.7 Å². The minimum Gasteiger partial charge on any atom is -0.495 e. The second-order valence-electron chi connectivity index (χ2n) is 8.20. The Kier molecular flexibility index (Phi) is 7.33. The van der Waals surface area contributed by atoms with Crippen LogP contribution in [0.25, 0.3) is 11.2 Å². The number of aliphatic hydroxyl groups is 1. The van der Waals surface area contributed by atoms with Crippen LogP contribution in [-0.2, 0) is 9.53 Å². The Morgan fingerprint density at radius 1 is 1.43 bits per heavy atom. The molecule has 10 nitrogen and oxygen atoms in total. The van der Waals surface area contributed by atoms with Gasteiger partial charge in [-0.1, -0.05) is 6.58 Å². The zero-order valence-electron chi connectivity index (χ0n) is 20.1. The number of likely N-dealkylation sites (N-methyl/N-ethyl adjacent to an activating group) is 1. The molecule has 10 heteroatoms. The number of methoxy groups -OCH3 is 1. The minimum absolute atomic E-state index is 0.0227. The van der Waals surface area contributed by atoms with Gasteiger partial charge in [-0.3, -0.25) is 4.79 Å². The molecule has 0 spiro atoms. The maximum atomic E-state index is 11.9. The van der Waals surface area contributed by atoms with Gasteiger partial charge in [0.1, 0.15) is 5.75 Å². The Labute approximate surface area is 203 Å². The highest BCUT2D eigenvalue weighted by molar-refractivity contribution is 5.97. The van der Waals surface area contributed by atoms with Crippen molar-refractivity contribution in [1.29, 1.82) is 0 Å². The first-order chi connectivity index (χ1) is 16.9. The van der Waals surface area contributed by atoms with E-state index in [1.807, 2.05) is 41.9 Å². The van der Waals surface area contributed by atoms with E-state index in [4.69, 9.17) is 14.5 Å². The molecule has 1 amide bonds. The molecule has 0 radical (unpaired) electrons. The molecule has 0 bridgehead atoms. The standard InChI is InChI=1S/C25H30N6O4/c1-16(11-17(2)25(33)26-3)20-14-31-8-7-27-24(31)23(29-20)28-18-5-6-21(22(12-18)34-4)30-9-10-35-19(13-30)15-32/h5-8,11-12,14,19,32H,2,9-10,13,15H2,1,3-4H3,(H,26,33)(H,28,29). The van der Waals surface area contributed by atoms with Crippen LogP contribution in [0.2, 0.25) is 0 Å². The molecule has 1 aliphatic heterocycles. The van der Waals surface area contributed by atoms with Crippen molar-refractivity contribution in [2.45, 2.75) is 13.0 Å². The van der Waals surface area contributed by atoms with E-state index >= 15 is 0 Å². The van der Waals surface area contributed by atoms with E-state index in [-0.39, 0.29) is 18.6 Å². The normalized spacial score (nSPS) is 16.3. The fourth-order valence-corrected chi connectivity index (χ4v) is 3.97.